The van der Waals surface area contributed by atoms with E-state index in [2.05, 4.69) is 0 Å². The van der Waals surface area contributed by atoms with Crippen LogP contribution in [0.15, 0.2) is 46.9 Å². The second-order valence-corrected chi connectivity index (χ2v) is 4.76. The summed E-state index contributed by atoms with van der Waals surface area (Å²) in [6, 6.07) is 9.06. The maximum atomic E-state index is 13.6. The molecule has 3 rings (SSSR count). The van der Waals surface area contributed by atoms with Gasteiger partial charge in [0.2, 0.25) is 0 Å². The first-order valence-corrected chi connectivity index (χ1v) is 6.34. The highest BCUT2D eigenvalue weighted by atomic mass is 19.1. The zero-order valence-corrected chi connectivity index (χ0v) is 10.8. The van der Waals surface area contributed by atoms with Crippen molar-refractivity contribution in [2.24, 2.45) is 0 Å². The van der Waals surface area contributed by atoms with Crippen molar-refractivity contribution in [1.29, 1.82) is 0 Å². The highest BCUT2D eigenvalue weighted by molar-refractivity contribution is 5.78. The summed E-state index contributed by atoms with van der Waals surface area (Å²) in [7, 11) is 0. The fourth-order valence-electron chi connectivity index (χ4n) is 2.21. The predicted octanol–water partition coefficient (Wildman–Crippen LogP) is 4.13. The van der Waals surface area contributed by atoms with E-state index in [0.717, 1.165) is 12.1 Å². The lowest BCUT2D eigenvalue weighted by atomic mass is 10.1. The van der Waals surface area contributed by atoms with Gasteiger partial charge in [0, 0.05) is 17.9 Å². The quantitative estimate of drug-likeness (QED) is 0.787. The molecule has 1 unspecified atom stereocenters. The summed E-state index contributed by atoms with van der Waals surface area (Å²) >= 11 is 0. The Hall–Kier alpha value is -2.27. The summed E-state index contributed by atoms with van der Waals surface area (Å²) in [5.41, 5.74) is 0.205. The molecule has 21 heavy (non-hydrogen) atoms. The second kappa shape index (κ2) is 5.26. The van der Waals surface area contributed by atoms with Crippen molar-refractivity contribution in [2.45, 2.75) is 12.5 Å². The van der Waals surface area contributed by atoms with Crippen molar-refractivity contribution in [3.8, 4) is 0 Å². The van der Waals surface area contributed by atoms with Gasteiger partial charge in [-0.1, -0.05) is 18.2 Å². The van der Waals surface area contributed by atoms with Gasteiger partial charge in [-0.25, -0.2) is 13.2 Å². The number of aliphatic hydroxyl groups excluding tert-OH is 1. The molecule has 1 aromatic heterocycles. The fraction of sp³-hybridized carbons (Fsp3) is 0.125. The Kier molecular flexibility index (Phi) is 3.43. The maximum Gasteiger partial charge on any atom is 0.170 e. The number of aliphatic hydroxyl groups is 1. The van der Waals surface area contributed by atoms with Gasteiger partial charge in [-0.3, -0.25) is 0 Å². The first-order valence-electron chi connectivity index (χ1n) is 6.34. The summed E-state index contributed by atoms with van der Waals surface area (Å²) in [6.45, 7) is 0. The Balaban J connectivity index is 1.90. The van der Waals surface area contributed by atoms with E-state index in [1.807, 2.05) is 0 Å². The van der Waals surface area contributed by atoms with Gasteiger partial charge in [0.05, 0.1) is 0 Å². The molecule has 0 saturated carbocycles. The molecule has 1 atom stereocenters. The summed E-state index contributed by atoms with van der Waals surface area (Å²) in [5, 5.41) is 10.6. The van der Waals surface area contributed by atoms with Gasteiger partial charge in [0.1, 0.15) is 23.5 Å². The molecule has 1 N–H and O–H groups in total. The van der Waals surface area contributed by atoms with Crippen LogP contribution in [0, 0.1) is 17.5 Å². The molecule has 0 aliphatic carbocycles. The van der Waals surface area contributed by atoms with Crippen LogP contribution in [0.2, 0.25) is 0 Å². The van der Waals surface area contributed by atoms with Gasteiger partial charge in [-0.15, -0.1) is 0 Å². The summed E-state index contributed by atoms with van der Waals surface area (Å²) < 4.78 is 45.2. The van der Waals surface area contributed by atoms with E-state index in [4.69, 9.17) is 4.42 Å². The third-order valence-electron chi connectivity index (χ3n) is 3.27. The van der Waals surface area contributed by atoms with Crippen molar-refractivity contribution >= 4 is 11.0 Å². The zero-order valence-electron chi connectivity index (χ0n) is 10.8. The maximum absolute atomic E-state index is 13.6. The number of fused-ring (bicyclic) bond motifs is 1. The van der Waals surface area contributed by atoms with Crippen LogP contribution in [-0.4, -0.2) is 5.11 Å². The first kappa shape index (κ1) is 13.7. The van der Waals surface area contributed by atoms with Crippen molar-refractivity contribution in [3.63, 3.8) is 0 Å². The van der Waals surface area contributed by atoms with Crippen LogP contribution in [0.3, 0.4) is 0 Å². The lowest BCUT2D eigenvalue weighted by molar-refractivity contribution is 0.151. The van der Waals surface area contributed by atoms with Crippen LogP contribution < -0.4 is 0 Å². The van der Waals surface area contributed by atoms with E-state index in [-0.39, 0.29) is 23.3 Å². The van der Waals surface area contributed by atoms with E-state index in [1.54, 1.807) is 6.07 Å². The minimum absolute atomic E-state index is 0.0473. The van der Waals surface area contributed by atoms with E-state index < -0.39 is 23.6 Å². The van der Waals surface area contributed by atoms with Gasteiger partial charge < -0.3 is 9.52 Å². The molecule has 0 fully saturated rings. The molecule has 1 heterocycles. The average Bonchev–Trinajstić information content (AvgIpc) is 2.87. The van der Waals surface area contributed by atoms with E-state index in [1.165, 1.54) is 24.3 Å². The van der Waals surface area contributed by atoms with Crippen LogP contribution in [0.5, 0.6) is 0 Å². The third-order valence-corrected chi connectivity index (χ3v) is 3.27. The Morgan fingerprint density at radius 1 is 1.00 bits per heavy atom. The minimum Gasteiger partial charge on any atom is -0.455 e. The highest BCUT2D eigenvalue weighted by Crippen LogP contribution is 2.28. The number of furan rings is 1. The van der Waals surface area contributed by atoms with Crippen LogP contribution >= 0.6 is 0 Å². The van der Waals surface area contributed by atoms with E-state index in [0.29, 0.717) is 5.39 Å². The van der Waals surface area contributed by atoms with E-state index in [9.17, 15) is 18.3 Å². The fourth-order valence-corrected chi connectivity index (χ4v) is 2.21. The normalized spacial score (nSPS) is 12.8. The number of hydrogen-bond donors (Lipinski definition) is 1. The van der Waals surface area contributed by atoms with Crippen molar-refractivity contribution in [2.75, 3.05) is 0 Å². The molecular formula is C16H11F3O2. The van der Waals surface area contributed by atoms with Crippen molar-refractivity contribution in [3.05, 3.63) is 71.2 Å². The number of rotatable bonds is 3. The number of halogens is 3. The Labute approximate surface area is 118 Å². The van der Waals surface area contributed by atoms with Gasteiger partial charge in [-0.2, -0.15) is 0 Å². The molecule has 0 spiro atoms. The molecule has 0 amide bonds. The molecular weight excluding hydrogens is 281 g/mol. The van der Waals surface area contributed by atoms with Crippen molar-refractivity contribution in [1.82, 2.24) is 0 Å². The van der Waals surface area contributed by atoms with Crippen LogP contribution in [-0.2, 0) is 6.42 Å². The molecule has 5 heteroatoms. The zero-order chi connectivity index (χ0) is 15.0. The molecule has 3 aromatic rings. The van der Waals surface area contributed by atoms with Crippen LogP contribution in [0.4, 0.5) is 13.2 Å². The smallest absolute Gasteiger partial charge is 0.170 e. The topological polar surface area (TPSA) is 33.4 Å². The van der Waals surface area contributed by atoms with E-state index >= 15 is 0 Å². The molecule has 0 saturated heterocycles. The average molecular weight is 292 g/mol. The summed E-state index contributed by atoms with van der Waals surface area (Å²) in [6.07, 6.45) is -1.23. The van der Waals surface area contributed by atoms with Gasteiger partial charge in [0.15, 0.2) is 11.4 Å². The van der Waals surface area contributed by atoms with Gasteiger partial charge in [0.25, 0.3) is 0 Å². The third kappa shape index (κ3) is 2.64. The second-order valence-electron chi connectivity index (χ2n) is 4.76. The Morgan fingerprint density at radius 3 is 2.52 bits per heavy atom. The van der Waals surface area contributed by atoms with Gasteiger partial charge in [-0.05, 0) is 23.8 Å². The first-order chi connectivity index (χ1) is 10.0. The molecule has 0 aliphatic rings. The summed E-state index contributed by atoms with van der Waals surface area (Å²) in [4.78, 5) is 0. The summed E-state index contributed by atoms with van der Waals surface area (Å²) in [5.74, 6) is -1.81. The molecule has 0 bridgehead atoms. The lowest BCUT2D eigenvalue weighted by Crippen LogP contribution is -2.02. The molecule has 108 valence electrons. The molecule has 0 radical (unpaired) electrons. The highest BCUT2D eigenvalue weighted by Gasteiger charge is 2.17. The Morgan fingerprint density at radius 2 is 1.81 bits per heavy atom. The predicted molar refractivity (Wildman–Crippen MR) is 71.2 cm³/mol. The van der Waals surface area contributed by atoms with Crippen LogP contribution in [0.1, 0.15) is 17.4 Å². The molecule has 2 aromatic carbocycles. The number of para-hydroxylation sites is 1. The van der Waals surface area contributed by atoms with Crippen molar-refractivity contribution < 1.29 is 22.7 Å². The Bertz CT molecular complexity index is 795. The SMILES string of the molecule is OC(Cc1ccc(F)cc1F)c1cc2cccc(F)c2o1. The monoisotopic (exact) mass is 292 g/mol. The standard InChI is InChI=1S/C16H11F3O2/c17-11-5-4-9(13(19)8-11)6-14(20)15-7-10-2-1-3-12(18)16(10)21-15/h1-5,7-8,14,20H,6H2. The lowest BCUT2D eigenvalue weighted by Gasteiger charge is -2.08. The van der Waals surface area contributed by atoms with Gasteiger partial charge >= 0.3 is 0 Å². The number of benzene rings is 2. The number of hydrogen-bond acceptors (Lipinski definition) is 2. The molecule has 2 nitrogen and oxygen atoms in total. The molecule has 0 aliphatic heterocycles. The largest absolute Gasteiger partial charge is 0.455 e. The van der Waals surface area contributed by atoms with Crippen LogP contribution in [0.25, 0.3) is 11.0 Å². The minimum atomic E-state index is -1.14.